The lowest BCUT2D eigenvalue weighted by atomic mass is 10.1. The van der Waals surface area contributed by atoms with Crippen molar-refractivity contribution in [1.82, 2.24) is 0 Å². The van der Waals surface area contributed by atoms with Gasteiger partial charge in [-0.15, -0.1) is 11.8 Å². The highest BCUT2D eigenvalue weighted by molar-refractivity contribution is 8.03. The summed E-state index contributed by atoms with van der Waals surface area (Å²) in [7, 11) is -2.77. The van der Waals surface area contributed by atoms with Crippen molar-refractivity contribution in [2.75, 3.05) is 5.75 Å². The molecule has 3 heteroatoms. The Bertz CT molecular complexity index is 681. The molecule has 0 N–H and O–H groups in total. The SMILES string of the molecule is CCCCCC/C(=C/P(=O)(c1ccccc1)c1ccccc1)SCCCC. The van der Waals surface area contributed by atoms with Crippen LogP contribution in [0.3, 0.4) is 0 Å². The van der Waals surface area contributed by atoms with Gasteiger partial charge in [-0.05, 0) is 35.7 Å². The van der Waals surface area contributed by atoms with Gasteiger partial charge in [-0.3, -0.25) is 0 Å². The van der Waals surface area contributed by atoms with Gasteiger partial charge in [0.25, 0.3) is 0 Å². The number of hydrogen-bond donors (Lipinski definition) is 0. The van der Waals surface area contributed by atoms with Crippen molar-refractivity contribution in [3.05, 3.63) is 71.4 Å². The van der Waals surface area contributed by atoms with Crippen molar-refractivity contribution >= 4 is 29.5 Å². The second-order valence-electron chi connectivity index (χ2n) is 6.94. The quantitative estimate of drug-likeness (QED) is 0.274. The van der Waals surface area contributed by atoms with Crippen LogP contribution in [0.5, 0.6) is 0 Å². The van der Waals surface area contributed by atoms with Crippen molar-refractivity contribution in [1.29, 1.82) is 0 Å². The molecule has 0 bridgehead atoms. The van der Waals surface area contributed by atoms with Crippen LogP contribution in [0, 0.1) is 0 Å². The van der Waals surface area contributed by atoms with Gasteiger partial charge in [0.05, 0.1) is 0 Å². The molecule has 0 aliphatic carbocycles. The fraction of sp³-hybridized carbons (Fsp3) is 0.417. The third-order valence-corrected chi connectivity index (χ3v) is 8.83. The molecule has 2 aromatic rings. The molecule has 0 amide bonds. The molecule has 2 rings (SSSR count). The van der Waals surface area contributed by atoms with Gasteiger partial charge in [0.2, 0.25) is 0 Å². The molecule has 0 radical (unpaired) electrons. The predicted octanol–water partition coefficient (Wildman–Crippen LogP) is 7.35. The molecule has 0 saturated heterocycles. The van der Waals surface area contributed by atoms with E-state index in [0.717, 1.165) is 22.8 Å². The number of allylic oxidation sites excluding steroid dienone is 1. The Labute approximate surface area is 170 Å². The summed E-state index contributed by atoms with van der Waals surface area (Å²) in [5, 5.41) is 1.86. The highest BCUT2D eigenvalue weighted by atomic mass is 32.2. The Kier molecular flexibility index (Phi) is 10.0. The van der Waals surface area contributed by atoms with Gasteiger partial charge < -0.3 is 4.57 Å². The van der Waals surface area contributed by atoms with Crippen LogP contribution < -0.4 is 10.6 Å². The molecular formula is C24H33OPS. The molecule has 27 heavy (non-hydrogen) atoms. The second-order valence-corrected chi connectivity index (χ2v) is 10.8. The van der Waals surface area contributed by atoms with Gasteiger partial charge in [0.15, 0.2) is 7.14 Å². The van der Waals surface area contributed by atoms with Crippen LogP contribution in [0.25, 0.3) is 0 Å². The van der Waals surface area contributed by atoms with Crippen molar-refractivity contribution in [3.63, 3.8) is 0 Å². The lowest BCUT2D eigenvalue weighted by Crippen LogP contribution is -2.14. The second kappa shape index (κ2) is 12.3. The zero-order chi connectivity index (χ0) is 19.4. The number of thioether (sulfide) groups is 1. The Morgan fingerprint density at radius 2 is 1.37 bits per heavy atom. The predicted molar refractivity (Wildman–Crippen MR) is 124 cm³/mol. The maximum Gasteiger partial charge on any atom is 0.164 e. The molecule has 0 fully saturated rings. The van der Waals surface area contributed by atoms with E-state index in [1.807, 2.05) is 72.4 Å². The van der Waals surface area contributed by atoms with Gasteiger partial charge in [-0.25, -0.2) is 0 Å². The summed E-state index contributed by atoms with van der Waals surface area (Å²) < 4.78 is 14.3. The van der Waals surface area contributed by atoms with E-state index < -0.39 is 7.14 Å². The van der Waals surface area contributed by atoms with Crippen LogP contribution in [0.4, 0.5) is 0 Å². The maximum atomic E-state index is 14.3. The summed E-state index contributed by atoms with van der Waals surface area (Å²) in [5.41, 5.74) is 0. The van der Waals surface area contributed by atoms with Crippen molar-refractivity contribution in [3.8, 4) is 0 Å². The van der Waals surface area contributed by atoms with Gasteiger partial charge >= 0.3 is 0 Å². The van der Waals surface area contributed by atoms with Crippen molar-refractivity contribution < 1.29 is 4.57 Å². The first-order chi connectivity index (χ1) is 13.2. The Morgan fingerprint density at radius 1 is 0.815 bits per heavy atom. The van der Waals surface area contributed by atoms with E-state index >= 15 is 0 Å². The molecule has 0 saturated carbocycles. The Morgan fingerprint density at radius 3 is 1.89 bits per heavy atom. The summed E-state index contributed by atoms with van der Waals surface area (Å²) in [6.45, 7) is 4.47. The molecule has 0 aliphatic heterocycles. The van der Waals surface area contributed by atoms with Crippen molar-refractivity contribution in [2.45, 2.75) is 58.8 Å². The topological polar surface area (TPSA) is 17.1 Å². The summed E-state index contributed by atoms with van der Waals surface area (Å²) in [6.07, 6.45) is 8.41. The third kappa shape index (κ3) is 7.01. The summed E-state index contributed by atoms with van der Waals surface area (Å²) in [6, 6.07) is 20.0. The lowest BCUT2D eigenvalue weighted by molar-refractivity contribution is 0.592. The van der Waals surface area contributed by atoms with Crippen LogP contribution in [0.15, 0.2) is 71.4 Å². The summed E-state index contributed by atoms with van der Waals surface area (Å²) >= 11 is 1.91. The summed E-state index contributed by atoms with van der Waals surface area (Å²) in [5.74, 6) is 3.23. The van der Waals surface area contributed by atoms with Crippen LogP contribution in [-0.2, 0) is 4.57 Å². The molecule has 0 aliphatic rings. The highest BCUT2D eigenvalue weighted by Crippen LogP contribution is 2.48. The number of rotatable bonds is 12. The summed E-state index contributed by atoms with van der Waals surface area (Å²) in [4.78, 5) is 1.30. The minimum Gasteiger partial charge on any atom is -0.309 e. The van der Waals surface area contributed by atoms with Crippen LogP contribution in [0.1, 0.15) is 58.8 Å². The minimum absolute atomic E-state index is 0.929. The van der Waals surface area contributed by atoms with Crippen LogP contribution in [0.2, 0.25) is 0 Å². The molecule has 0 atom stereocenters. The first-order valence-electron chi connectivity index (χ1n) is 10.3. The molecule has 0 spiro atoms. The maximum absolute atomic E-state index is 14.3. The first kappa shape index (κ1) is 22.1. The van der Waals surface area contributed by atoms with Crippen molar-refractivity contribution in [2.24, 2.45) is 0 Å². The molecule has 0 aromatic heterocycles. The average molecular weight is 401 g/mol. The zero-order valence-corrected chi connectivity index (χ0v) is 18.5. The van der Waals surface area contributed by atoms with Crippen LogP contribution >= 0.6 is 18.9 Å². The zero-order valence-electron chi connectivity index (χ0n) is 16.8. The highest BCUT2D eigenvalue weighted by Gasteiger charge is 2.25. The van der Waals surface area contributed by atoms with E-state index in [9.17, 15) is 4.57 Å². The largest absolute Gasteiger partial charge is 0.309 e. The fourth-order valence-electron chi connectivity index (χ4n) is 3.05. The van der Waals surface area contributed by atoms with E-state index in [-0.39, 0.29) is 0 Å². The smallest absolute Gasteiger partial charge is 0.164 e. The van der Waals surface area contributed by atoms with Gasteiger partial charge in [-0.1, -0.05) is 100 Å². The van der Waals surface area contributed by atoms with Gasteiger partial charge in [0, 0.05) is 10.6 Å². The Balaban J connectivity index is 2.36. The van der Waals surface area contributed by atoms with E-state index in [1.54, 1.807) is 0 Å². The molecule has 2 aromatic carbocycles. The normalized spacial score (nSPS) is 12.3. The lowest BCUT2D eigenvalue weighted by Gasteiger charge is -2.18. The van der Waals surface area contributed by atoms with Gasteiger partial charge in [0.1, 0.15) is 0 Å². The van der Waals surface area contributed by atoms with Gasteiger partial charge in [-0.2, -0.15) is 0 Å². The first-order valence-corrected chi connectivity index (χ1v) is 13.0. The standard InChI is InChI=1S/C24H33OPS/c1-3-5-7-14-19-24(27-20-6-4-2)21-26(25,22-15-10-8-11-16-22)23-17-12-9-13-18-23/h8-13,15-18,21H,3-7,14,19-20H2,1-2H3/b24-21-. The average Bonchev–Trinajstić information content (AvgIpc) is 2.72. The monoisotopic (exact) mass is 400 g/mol. The number of unbranched alkanes of at least 4 members (excludes halogenated alkanes) is 4. The van der Waals surface area contributed by atoms with E-state index in [2.05, 4.69) is 19.7 Å². The third-order valence-electron chi connectivity index (χ3n) is 4.67. The van der Waals surface area contributed by atoms with E-state index in [0.29, 0.717) is 0 Å². The van der Waals surface area contributed by atoms with E-state index in [1.165, 1.54) is 43.4 Å². The van der Waals surface area contributed by atoms with E-state index in [4.69, 9.17) is 0 Å². The Hall–Kier alpha value is -1.24. The molecule has 0 unspecified atom stereocenters. The molecule has 146 valence electrons. The number of benzene rings is 2. The molecular weight excluding hydrogens is 367 g/mol. The molecule has 1 nitrogen and oxygen atoms in total. The number of hydrogen-bond acceptors (Lipinski definition) is 2. The molecule has 0 heterocycles. The fourth-order valence-corrected chi connectivity index (χ4v) is 7.14. The van der Waals surface area contributed by atoms with Crippen LogP contribution in [-0.4, -0.2) is 5.75 Å². The minimum atomic E-state index is -2.77.